The zero-order valence-electron chi connectivity index (χ0n) is 11.4. The van der Waals surface area contributed by atoms with Gasteiger partial charge in [0.15, 0.2) is 0 Å². The van der Waals surface area contributed by atoms with Crippen LogP contribution in [0.15, 0.2) is 48.8 Å². The Kier molecular flexibility index (Phi) is 3.92. The van der Waals surface area contributed by atoms with Crippen LogP contribution in [0.3, 0.4) is 0 Å². The summed E-state index contributed by atoms with van der Waals surface area (Å²) >= 11 is 0. The molecule has 5 heteroatoms. The highest BCUT2D eigenvalue weighted by molar-refractivity contribution is 5.94. The quantitative estimate of drug-likeness (QED) is 0.851. The van der Waals surface area contributed by atoms with Crippen molar-refractivity contribution in [2.75, 3.05) is 19.8 Å². The molecule has 1 aliphatic rings. The smallest absolute Gasteiger partial charge is 0.254 e. The summed E-state index contributed by atoms with van der Waals surface area (Å²) in [4.78, 5) is 18.3. The van der Waals surface area contributed by atoms with Crippen molar-refractivity contribution in [2.45, 2.75) is 6.04 Å². The van der Waals surface area contributed by atoms with Gasteiger partial charge in [0.25, 0.3) is 5.91 Å². The van der Waals surface area contributed by atoms with Crippen LogP contribution < -0.4 is 0 Å². The van der Waals surface area contributed by atoms with Gasteiger partial charge < -0.3 is 9.64 Å². The molecule has 0 spiro atoms. The van der Waals surface area contributed by atoms with Gasteiger partial charge in [0, 0.05) is 24.5 Å². The maximum absolute atomic E-state index is 13.1. The van der Waals surface area contributed by atoms with Crippen LogP contribution in [-0.2, 0) is 4.74 Å². The number of rotatable bonds is 2. The maximum Gasteiger partial charge on any atom is 0.254 e. The summed E-state index contributed by atoms with van der Waals surface area (Å²) in [6, 6.07) is 9.39. The van der Waals surface area contributed by atoms with Crippen molar-refractivity contribution in [2.24, 2.45) is 0 Å². The van der Waals surface area contributed by atoms with E-state index in [9.17, 15) is 9.18 Å². The number of amides is 1. The van der Waals surface area contributed by atoms with Crippen LogP contribution in [0.2, 0.25) is 0 Å². The van der Waals surface area contributed by atoms with Crippen molar-refractivity contribution in [3.05, 3.63) is 65.7 Å². The van der Waals surface area contributed by atoms with E-state index < -0.39 is 0 Å². The molecule has 2 aromatic rings. The van der Waals surface area contributed by atoms with Crippen molar-refractivity contribution < 1.29 is 13.9 Å². The molecule has 1 aliphatic heterocycles. The minimum absolute atomic E-state index is 0.0602. The second-order valence-electron chi connectivity index (χ2n) is 4.88. The first-order valence-corrected chi connectivity index (χ1v) is 6.80. The molecular formula is C16H15FN2O2. The molecule has 1 aromatic carbocycles. The van der Waals surface area contributed by atoms with Crippen LogP contribution in [0.25, 0.3) is 0 Å². The lowest BCUT2D eigenvalue weighted by atomic mass is 10.0. The molecule has 1 amide bonds. The Labute approximate surface area is 122 Å². The third-order valence-electron chi connectivity index (χ3n) is 3.57. The lowest BCUT2D eigenvalue weighted by Gasteiger charge is -2.36. The number of nitrogens with zero attached hydrogens (tertiary/aromatic N) is 2. The first kappa shape index (κ1) is 13.7. The molecule has 2 heterocycles. The fourth-order valence-corrected chi connectivity index (χ4v) is 2.47. The SMILES string of the molecule is O=C(c1ccncc1)N1CCOCC1c1ccc(F)cc1. The highest BCUT2D eigenvalue weighted by Gasteiger charge is 2.29. The van der Waals surface area contributed by atoms with Gasteiger partial charge in [0.05, 0.1) is 19.3 Å². The Morgan fingerprint density at radius 1 is 1.19 bits per heavy atom. The number of hydrogen-bond donors (Lipinski definition) is 0. The number of carbonyl (C=O) groups excluding carboxylic acids is 1. The standard InChI is InChI=1S/C16H15FN2O2/c17-14-3-1-12(2-4-14)15-11-21-10-9-19(15)16(20)13-5-7-18-8-6-13/h1-8,15H,9-11H2. The molecule has 0 saturated carbocycles. The van der Waals surface area contributed by atoms with E-state index in [1.165, 1.54) is 12.1 Å². The summed E-state index contributed by atoms with van der Waals surface area (Å²) in [6.07, 6.45) is 3.20. The van der Waals surface area contributed by atoms with Gasteiger partial charge in [-0.05, 0) is 29.8 Å². The van der Waals surface area contributed by atoms with E-state index in [2.05, 4.69) is 4.98 Å². The molecule has 1 fully saturated rings. The van der Waals surface area contributed by atoms with Crippen LogP contribution in [0.4, 0.5) is 4.39 Å². The number of halogens is 1. The predicted molar refractivity (Wildman–Crippen MR) is 75.2 cm³/mol. The van der Waals surface area contributed by atoms with Crippen LogP contribution in [0.5, 0.6) is 0 Å². The second kappa shape index (κ2) is 6.01. The molecule has 1 saturated heterocycles. The fraction of sp³-hybridized carbons (Fsp3) is 0.250. The minimum atomic E-state index is -0.289. The Bertz CT molecular complexity index is 616. The number of pyridine rings is 1. The molecule has 0 bridgehead atoms. The summed E-state index contributed by atoms with van der Waals surface area (Å²) < 4.78 is 18.5. The third kappa shape index (κ3) is 2.92. The molecule has 0 radical (unpaired) electrons. The average molecular weight is 286 g/mol. The summed E-state index contributed by atoms with van der Waals surface area (Å²) in [6.45, 7) is 1.44. The molecule has 21 heavy (non-hydrogen) atoms. The zero-order valence-corrected chi connectivity index (χ0v) is 11.4. The highest BCUT2D eigenvalue weighted by Crippen LogP contribution is 2.26. The van der Waals surface area contributed by atoms with Crippen molar-refractivity contribution >= 4 is 5.91 Å². The maximum atomic E-state index is 13.1. The monoisotopic (exact) mass is 286 g/mol. The van der Waals surface area contributed by atoms with Crippen molar-refractivity contribution in [3.8, 4) is 0 Å². The Morgan fingerprint density at radius 2 is 1.90 bits per heavy atom. The summed E-state index contributed by atoms with van der Waals surface area (Å²) in [5.41, 5.74) is 1.47. The molecule has 1 aromatic heterocycles. The van der Waals surface area contributed by atoms with Gasteiger partial charge in [0.2, 0.25) is 0 Å². The number of morpholine rings is 1. The Balaban J connectivity index is 1.88. The van der Waals surface area contributed by atoms with E-state index >= 15 is 0 Å². The van der Waals surface area contributed by atoms with Gasteiger partial charge >= 0.3 is 0 Å². The van der Waals surface area contributed by atoms with Crippen LogP contribution >= 0.6 is 0 Å². The summed E-state index contributed by atoms with van der Waals surface area (Å²) in [5, 5.41) is 0. The molecule has 0 aliphatic carbocycles. The number of ether oxygens (including phenoxy) is 1. The van der Waals surface area contributed by atoms with Crippen molar-refractivity contribution in [1.29, 1.82) is 0 Å². The zero-order chi connectivity index (χ0) is 14.7. The first-order chi connectivity index (χ1) is 10.3. The third-order valence-corrected chi connectivity index (χ3v) is 3.57. The van der Waals surface area contributed by atoms with Gasteiger partial charge in [-0.15, -0.1) is 0 Å². The number of benzene rings is 1. The van der Waals surface area contributed by atoms with E-state index in [0.717, 1.165) is 5.56 Å². The van der Waals surface area contributed by atoms with E-state index in [1.54, 1.807) is 41.6 Å². The number of hydrogen-bond acceptors (Lipinski definition) is 3. The number of carbonyl (C=O) groups is 1. The van der Waals surface area contributed by atoms with Crippen LogP contribution in [-0.4, -0.2) is 35.5 Å². The lowest BCUT2D eigenvalue weighted by molar-refractivity contribution is -0.00271. The second-order valence-corrected chi connectivity index (χ2v) is 4.88. The van der Waals surface area contributed by atoms with Gasteiger partial charge in [-0.3, -0.25) is 9.78 Å². The lowest BCUT2D eigenvalue weighted by Crippen LogP contribution is -2.43. The minimum Gasteiger partial charge on any atom is -0.377 e. The van der Waals surface area contributed by atoms with Gasteiger partial charge in [-0.25, -0.2) is 4.39 Å². The van der Waals surface area contributed by atoms with Gasteiger partial charge in [0.1, 0.15) is 5.82 Å². The largest absolute Gasteiger partial charge is 0.377 e. The number of aromatic nitrogens is 1. The van der Waals surface area contributed by atoms with Gasteiger partial charge in [-0.2, -0.15) is 0 Å². The Hall–Kier alpha value is -2.27. The molecule has 1 atom stereocenters. The Morgan fingerprint density at radius 3 is 2.62 bits per heavy atom. The summed E-state index contributed by atoms with van der Waals surface area (Å²) in [5.74, 6) is -0.350. The predicted octanol–water partition coefficient (Wildman–Crippen LogP) is 2.43. The van der Waals surface area contributed by atoms with Crippen LogP contribution in [0.1, 0.15) is 22.0 Å². The van der Waals surface area contributed by atoms with E-state index in [-0.39, 0.29) is 17.8 Å². The highest BCUT2D eigenvalue weighted by atomic mass is 19.1. The van der Waals surface area contributed by atoms with E-state index in [0.29, 0.717) is 25.3 Å². The van der Waals surface area contributed by atoms with Crippen LogP contribution in [0, 0.1) is 5.82 Å². The normalized spacial score (nSPS) is 18.5. The van der Waals surface area contributed by atoms with Gasteiger partial charge in [-0.1, -0.05) is 12.1 Å². The molecule has 108 valence electrons. The molecule has 4 nitrogen and oxygen atoms in total. The summed E-state index contributed by atoms with van der Waals surface area (Å²) in [7, 11) is 0. The molecular weight excluding hydrogens is 271 g/mol. The fourth-order valence-electron chi connectivity index (χ4n) is 2.47. The van der Waals surface area contributed by atoms with E-state index in [4.69, 9.17) is 4.74 Å². The van der Waals surface area contributed by atoms with Crippen molar-refractivity contribution in [3.63, 3.8) is 0 Å². The van der Waals surface area contributed by atoms with Crippen molar-refractivity contribution in [1.82, 2.24) is 9.88 Å². The average Bonchev–Trinajstić information content (AvgIpc) is 2.56. The molecule has 0 N–H and O–H groups in total. The molecule has 3 rings (SSSR count). The topological polar surface area (TPSA) is 42.4 Å². The van der Waals surface area contributed by atoms with E-state index in [1.807, 2.05) is 0 Å². The molecule has 1 unspecified atom stereocenters. The first-order valence-electron chi connectivity index (χ1n) is 6.80.